The van der Waals surface area contributed by atoms with Crippen LogP contribution in [-0.4, -0.2) is 13.1 Å². The molecule has 0 spiro atoms. The fraction of sp³-hybridized carbons (Fsp3) is 0.600. The van der Waals surface area contributed by atoms with Crippen LogP contribution in [0.15, 0.2) is 24.3 Å². The molecule has 0 aliphatic heterocycles. The van der Waals surface area contributed by atoms with Crippen molar-refractivity contribution in [2.75, 3.05) is 18.8 Å². The van der Waals surface area contributed by atoms with Crippen LogP contribution in [0.3, 0.4) is 0 Å². The summed E-state index contributed by atoms with van der Waals surface area (Å²) in [6.07, 6.45) is 8.09. The number of nitrogen functional groups attached to an aromatic ring is 1. The Kier molecular flexibility index (Phi) is 4.87. The lowest BCUT2D eigenvalue weighted by atomic mass is 9.83. The first kappa shape index (κ1) is 12.4. The number of nitrogens with two attached hydrogens (primary N) is 1. The average molecular weight is 232 g/mol. The minimum atomic E-state index is 0.875. The molecule has 2 rings (SSSR count). The zero-order valence-electron chi connectivity index (χ0n) is 10.6. The quantitative estimate of drug-likeness (QED) is 0.560. The Morgan fingerprint density at radius 3 is 2.82 bits per heavy atom. The maximum absolute atomic E-state index is 5.75. The molecule has 3 N–H and O–H groups in total. The van der Waals surface area contributed by atoms with Crippen molar-refractivity contribution in [1.82, 2.24) is 5.32 Å². The second-order valence-corrected chi connectivity index (χ2v) is 5.18. The lowest BCUT2D eigenvalue weighted by molar-refractivity contribution is 0.292. The number of anilines is 1. The van der Waals surface area contributed by atoms with Crippen LogP contribution >= 0.6 is 0 Å². The molecule has 0 aromatic heterocycles. The minimum absolute atomic E-state index is 0.875. The highest BCUT2D eigenvalue weighted by Gasteiger charge is 2.15. The predicted octanol–water partition coefficient (Wildman–Crippen LogP) is 2.98. The van der Waals surface area contributed by atoms with E-state index in [-0.39, 0.29) is 0 Å². The highest BCUT2D eigenvalue weighted by atomic mass is 14.8. The maximum atomic E-state index is 5.75. The zero-order valence-corrected chi connectivity index (χ0v) is 10.6. The van der Waals surface area contributed by atoms with E-state index in [9.17, 15) is 0 Å². The molecule has 1 fully saturated rings. The molecule has 1 aliphatic rings. The summed E-state index contributed by atoms with van der Waals surface area (Å²) in [6, 6.07) is 8.22. The lowest BCUT2D eigenvalue weighted by Crippen LogP contribution is -2.22. The lowest BCUT2D eigenvalue weighted by Gasteiger charge is -2.25. The smallest absolute Gasteiger partial charge is 0.0316 e. The Bertz CT molecular complexity index is 331. The fourth-order valence-corrected chi connectivity index (χ4v) is 2.38. The van der Waals surface area contributed by atoms with E-state index in [0.717, 1.165) is 24.6 Å². The van der Waals surface area contributed by atoms with E-state index in [0.29, 0.717) is 0 Å². The highest BCUT2D eigenvalue weighted by molar-refractivity contribution is 5.40. The highest BCUT2D eigenvalue weighted by Crippen LogP contribution is 2.28. The Balaban J connectivity index is 1.50. The van der Waals surface area contributed by atoms with Gasteiger partial charge in [-0.05, 0) is 56.0 Å². The van der Waals surface area contributed by atoms with Crippen LogP contribution in [-0.2, 0) is 6.42 Å². The number of rotatable bonds is 7. The molecule has 1 aliphatic carbocycles. The number of hydrogen-bond acceptors (Lipinski definition) is 2. The summed E-state index contributed by atoms with van der Waals surface area (Å²) < 4.78 is 0. The van der Waals surface area contributed by atoms with Gasteiger partial charge in [0, 0.05) is 5.69 Å². The van der Waals surface area contributed by atoms with Gasteiger partial charge in [0.25, 0.3) is 0 Å². The van der Waals surface area contributed by atoms with Crippen molar-refractivity contribution in [2.24, 2.45) is 5.92 Å². The molecular weight excluding hydrogens is 208 g/mol. The molecule has 2 nitrogen and oxygen atoms in total. The molecule has 0 radical (unpaired) electrons. The number of hydrogen-bond donors (Lipinski definition) is 2. The third-order valence-corrected chi connectivity index (χ3v) is 3.72. The predicted molar refractivity (Wildman–Crippen MR) is 74.0 cm³/mol. The minimum Gasteiger partial charge on any atom is -0.399 e. The van der Waals surface area contributed by atoms with Gasteiger partial charge in [0.05, 0.1) is 0 Å². The Morgan fingerprint density at radius 1 is 1.24 bits per heavy atom. The molecule has 0 heterocycles. The molecule has 0 saturated heterocycles. The van der Waals surface area contributed by atoms with Crippen LogP contribution in [0.2, 0.25) is 0 Å². The summed E-state index contributed by atoms with van der Waals surface area (Å²) in [5, 5.41) is 3.54. The van der Waals surface area contributed by atoms with Crippen LogP contribution in [0.25, 0.3) is 0 Å². The number of aryl methyl sites for hydroxylation is 1. The van der Waals surface area contributed by atoms with Crippen LogP contribution in [0.4, 0.5) is 5.69 Å². The standard InChI is InChI=1S/C15H24N2/c16-15-8-2-6-14(12-15)7-3-10-17-11-9-13-4-1-5-13/h2,6,8,12-13,17H,1,3-5,7,9-11,16H2. The van der Waals surface area contributed by atoms with Crippen molar-refractivity contribution in [1.29, 1.82) is 0 Å². The van der Waals surface area contributed by atoms with Gasteiger partial charge in [-0.2, -0.15) is 0 Å². The second-order valence-electron chi connectivity index (χ2n) is 5.18. The largest absolute Gasteiger partial charge is 0.399 e. The molecule has 1 saturated carbocycles. The molecule has 2 heteroatoms. The van der Waals surface area contributed by atoms with Gasteiger partial charge in [0.2, 0.25) is 0 Å². The monoisotopic (exact) mass is 232 g/mol. The molecule has 94 valence electrons. The van der Waals surface area contributed by atoms with Crippen molar-refractivity contribution in [3.63, 3.8) is 0 Å². The van der Waals surface area contributed by atoms with Gasteiger partial charge in [-0.1, -0.05) is 31.4 Å². The average Bonchev–Trinajstić information content (AvgIpc) is 2.25. The summed E-state index contributed by atoms with van der Waals surface area (Å²) in [7, 11) is 0. The van der Waals surface area contributed by atoms with Gasteiger partial charge in [-0.3, -0.25) is 0 Å². The van der Waals surface area contributed by atoms with E-state index < -0.39 is 0 Å². The van der Waals surface area contributed by atoms with Crippen molar-refractivity contribution < 1.29 is 0 Å². The van der Waals surface area contributed by atoms with Crippen molar-refractivity contribution >= 4 is 5.69 Å². The molecule has 1 aromatic rings. The molecule has 1 aromatic carbocycles. The summed E-state index contributed by atoms with van der Waals surface area (Å²) in [5.41, 5.74) is 7.98. The Hall–Kier alpha value is -1.02. The summed E-state index contributed by atoms with van der Waals surface area (Å²) in [6.45, 7) is 2.32. The van der Waals surface area contributed by atoms with Crippen LogP contribution in [0, 0.1) is 5.92 Å². The first-order valence-corrected chi connectivity index (χ1v) is 6.90. The Labute approximate surface area is 105 Å². The maximum Gasteiger partial charge on any atom is 0.0316 e. The Morgan fingerprint density at radius 2 is 2.12 bits per heavy atom. The van der Waals surface area contributed by atoms with Gasteiger partial charge < -0.3 is 11.1 Å². The van der Waals surface area contributed by atoms with Gasteiger partial charge in [0.15, 0.2) is 0 Å². The van der Waals surface area contributed by atoms with E-state index in [1.807, 2.05) is 12.1 Å². The number of benzene rings is 1. The molecule has 0 atom stereocenters. The van der Waals surface area contributed by atoms with Gasteiger partial charge in [-0.15, -0.1) is 0 Å². The molecule has 0 unspecified atom stereocenters. The normalized spacial score (nSPS) is 15.8. The van der Waals surface area contributed by atoms with Gasteiger partial charge >= 0.3 is 0 Å². The first-order chi connectivity index (χ1) is 8.34. The first-order valence-electron chi connectivity index (χ1n) is 6.90. The molecule has 0 bridgehead atoms. The van der Waals surface area contributed by atoms with Crippen LogP contribution < -0.4 is 11.1 Å². The van der Waals surface area contributed by atoms with Gasteiger partial charge in [0.1, 0.15) is 0 Å². The molecular formula is C15H24N2. The van der Waals surface area contributed by atoms with Crippen molar-refractivity contribution in [2.45, 2.75) is 38.5 Å². The fourth-order valence-electron chi connectivity index (χ4n) is 2.38. The van der Waals surface area contributed by atoms with Crippen LogP contribution in [0.5, 0.6) is 0 Å². The van der Waals surface area contributed by atoms with Crippen LogP contribution in [0.1, 0.15) is 37.7 Å². The van der Waals surface area contributed by atoms with E-state index in [1.54, 1.807) is 0 Å². The van der Waals surface area contributed by atoms with E-state index >= 15 is 0 Å². The number of nitrogens with one attached hydrogen (secondary N) is 1. The SMILES string of the molecule is Nc1cccc(CCCNCCC2CCC2)c1. The summed E-state index contributed by atoms with van der Waals surface area (Å²) >= 11 is 0. The zero-order chi connectivity index (χ0) is 11.9. The topological polar surface area (TPSA) is 38.0 Å². The third kappa shape index (κ3) is 4.39. The van der Waals surface area contributed by atoms with Crippen molar-refractivity contribution in [3.05, 3.63) is 29.8 Å². The van der Waals surface area contributed by atoms with Gasteiger partial charge in [-0.25, -0.2) is 0 Å². The third-order valence-electron chi connectivity index (χ3n) is 3.72. The van der Waals surface area contributed by atoms with E-state index in [2.05, 4.69) is 17.4 Å². The molecule has 17 heavy (non-hydrogen) atoms. The summed E-state index contributed by atoms with van der Waals surface area (Å²) in [5.74, 6) is 1.02. The van der Waals surface area contributed by atoms with Crippen molar-refractivity contribution in [3.8, 4) is 0 Å². The van der Waals surface area contributed by atoms with E-state index in [4.69, 9.17) is 5.73 Å². The second kappa shape index (κ2) is 6.65. The van der Waals surface area contributed by atoms with E-state index in [1.165, 1.54) is 44.2 Å². The molecule has 0 amide bonds. The summed E-state index contributed by atoms with van der Waals surface area (Å²) in [4.78, 5) is 0.